The van der Waals surface area contributed by atoms with Gasteiger partial charge in [0.05, 0.1) is 10.5 Å². The van der Waals surface area contributed by atoms with Gasteiger partial charge in [0.25, 0.3) is 0 Å². The summed E-state index contributed by atoms with van der Waals surface area (Å²) in [5.41, 5.74) is 0.899. The molecule has 0 atom stereocenters. The molecule has 142 valence electrons. The van der Waals surface area contributed by atoms with Gasteiger partial charge in [-0.2, -0.15) is 0 Å². The molecule has 1 aromatic carbocycles. The minimum Gasteiger partial charge on any atom is -0.357 e. The molecule has 0 saturated carbocycles. The van der Waals surface area contributed by atoms with E-state index in [9.17, 15) is 12.8 Å². The number of halogens is 2. The minimum absolute atomic E-state index is 0. The molecule has 0 aromatic heterocycles. The number of aliphatic imine (C=N–C) groups is 1. The molecule has 0 amide bonds. The van der Waals surface area contributed by atoms with E-state index >= 15 is 0 Å². The fraction of sp³-hybridized carbons (Fsp3) is 0.588. The molecular formula is C17H27FIN3O2S. The smallest absolute Gasteiger partial charge is 0.194 e. The van der Waals surface area contributed by atoms with Crippen LogP contribution in [0.1, 0.15) is 26.3 Å². The molecule has 1 aliphatic heterocycles. The predicted octanol–water partition coefficient (Wildman–Crippen LogP) is 2.46. The molecule has 0 bridgehead atoms. The van der Waals surface area contributed by atoms with Crippen molar-refractivity contribution in [1.29, 1.82) is 0 Å². The number of benzene rings is 1. The van der Waals surface area contributed by atoms with Crippen molar-refractivity contribution in [3.63, 3.8) is 0 Å². The summed E-state index contributed by atoms with van der Waals surface area (Å²) in [7, 11) is -3.08. The van der Waals surface area contributed by atoms with E-state index < -0.39 is 14.6 Å². The Bertz CT molecular complexity index is 708. The van der Waals surface area contributed by atoms with Crippen molar-refractivity contribution in [2.24, 2.45) is 4.99 Å². The first kappa shape index (κ1) is 22.1. The molecule has 1 heterocycles. The zero-order chi connectivity index (χ0) is 17.8. The van der Waals surface area contributed by atoms with Crippen molar-refractivity contribution >= 4 is 39.8 Å². The highest BCUT2D eigenvalue weighted by molar-refractivity contribution is 14.0. The standard InChI is InChI=1S/C17H26FN3O2S.HI/c1-4-19-16(20-9-8-14-6-5-7-15(18)12-14)21-10-11-24(22,23)17(2,3)13-21;/h5-7,12H,4,8-11,13H2,1-3H3,(H,19,20);1H. The predicted molar refractivity (Wildman–Crippen MR) is 111 cm³/mol. The van der Waals surface area contributed by atoms with Crippen LogP contribution in [0, 0.1) is 5.82 Å². The molecule has 0 aliphatic carbocycles. The molecular weight excluding hydrogens is 456 g/mol. The van der Waals surface area contributed by atoms with Gasteiger partial charge in [-0.3, -0.25) is 4.99 Å². The fourth-order valence-corrected chi connectivity index (χ4v) is 4.10. The lowest BCUT2D eigenvalue weighted by atomic mass is 10.1. The number of hydrogen-bond acceptors (Lipinski definition) is 3. The van der Waals surface area contributed by atoms with Crippen molar-refractivity contribution in [1.82, 2.24) is 10.2 Å². The molecule has 25 heavy (non-hydrogen) atoms. The Labute approximate surface area is 167 Å². The van der Waals surface area contributed by atoms with E-state index in [-0.39, 0.29) is 35.5 Å². The number of rotatable bonds is 4. The minimum atomic E-state index is -3.08. The molecule has 1 aliphatic rings. The van der Waals surface area contributed by atoms with E-state index in [1.165, 1.54) is 12.1 Å². The zero-order valence-electron chi connectivity index (χ0n) is 15.0. The maximum absolute atomic E-state index is 13.2. The molecule has 0 radical (unpaired) electrons. The third-order valence-corrected chi connectivity index (χ3v) is 6.76. The number of sulfone groups is 1. The average molecular weight is 483 g/mol. The molecule has 1 aromatic rings. The van der Waals surface area contributed by atoms with E-state index in [4.69, 9.17) is 0 Å². The van der Waals surface area contributed by atoms with E-state index in [1.54, 1.807) is 19.9 Å². The van der Waals surface area contributed by atoms with Crippen LogP contribution in [0.4, 0.5) is 4.39 Å². The molecule has 0 unspecified atom stereocenters. The first-order chi connectivity index (χ1) is 11.2. The molecule has 0 spiro atoms. The second-order valence-corrected chi connectivity index (χ2v) is 9.36. The van der Waals surface area contributed by atoms with Crippen LogP contribution in [0.2, 0.25) is 0 Å². The van der Waals surface area contributed by atoms with Gasteiger partial charge in [-0.25, -0.2) is 12.8 Å². The summed E-state index contributed by atoms with van der Waals surface area (Å²) in [6.45, 7) is 7.58. The second-order valence-electron chi connectivity index (χ2n) is 6.62. The lowest BCUT2D eigenvalue weighted by molar-refractivity contribution is 0.353. The van der Waals surface area contributed by atoms with E-state index in [1.807, 2.05) is 17.9 Å². The van der Waals surface area contributed by atoms with Crippen molar-refractivity contribution in [3.8, 4) is 0 Å². The summed E-state index contributed by atoms with van der Waals surface area (Å²) in [6.07, 6.45) is 0.641. The largest absolute Gasteiger partial charge is 0.357 e. The highest BCUT2D eigenvalue weighted by Crippen LogP contribution is 2.23. The third-order valence-electron chi connectivity index (χ3n) is 4.23. The normalized spacial score (nSPS) is 19.2. The Morgan fingerprint density at radius 1 is 1.40 bits per heavy atom. The van der Waals surface area contributed by atoms with E-state index in [0.717, 1.165) is 11.5 Å². The van der Waals surface area contributed by atoms with Crippen LogP contribution in [0.15, 0.2) is 29.3 Å². The maximum Gasteiger partial charge on any atom is 0.194 e. The Balaban J connectivity index is 0.00000312. The Morgan fingerprint density at radius 2 is 2.12 bits per heavy atom. The van der Waals surface area contributed by atoms with Crippen molar-refractivity contribution < 1.29 is 12.8 Å². The number of hydrogen-bond donors (Lipinski definition) is 1. The van der Waals surface area contributed by atoms with Crippen LogP contribution >= 0.6 is 24.0 Å². The molecule has 1 fully saturated rings. The Morgan fingerprint density at radius 3 is 2.72 bits per heavy atom. The summed E-state index contributed by atoms with van der Waals surface area (Å²) in [5.74, 6) is 0.608. The Kier molecular flexibility index (Phi) is 8.11. The summed E-state index contributed by atoms with van der Waals surface area (Å²) in [5, 5.41) is 3.22. The van der Waals surface area contributed by atoms with Crippen LogP contribution < -0.4 is 5.32 Å². The molecule has 5 nitrogen and oxygen atoms in total. The van der Waals surface area contributed by atoms with Gasteiger partial charge in [0.2, 0.25) is 0 Å². The summed E-state index contributed by atoms with van der Waals surface area (Å²) in [4.78, 5) is 6.59. The molecule has 2 rings (SSSR count). The van der Waals surface area contributed by atoms with E-state index in [2.05, 4.69) is 10.3 Å². The molecule has 8 heteroatoms. The zero-order valence-corrected chi connectivity index (χ0v) is 18.1. The number of nitrogens with one attached hydrogen (secondary N) is 1. The maximum atomic E-state index is 13.2. The van der Waals surface area contributed by atoms with Crippen LogP contribution in [0.25, 0.3) is 0 Å². The topological polar surface area (TPSA) is 61.8 Å². The first-order valence-electron chi connectivity index (χ1n) is 8.25. The lowest BCUT2D eigenvalue weighted by Crippen LogP contribution is -2.57. The van der Waals surface area contributed by atoms with Crippen LogP contribution in [0.3, 0.4) is 0 Å². The fourth-order valence-electron chi connectivity index (χ4n) is 2.73. The van der Waals surface area contributed by atoms with E-state index in [0.29, 0.717) is 32.6 Å². The summed E-state index contributed by atoms with van der Waals surface area (Å²) in [6, 6.07) is 6.51. The van der Waals surface area contributed by atoms with Gasteiger partial charge >= 0.3 is 0 Å². The van der Waals surface area contributed by atoms with Crippen LogP contribution in [-0.2, 0) is 16.3 Å². The van der Waals surface area contributed by atoms with Gasteiger partial charge in [-0.1, -0.05) is 12.1 Å². The average Bonchev–Trinajstić information content (AvgIpc) is 2.49. The first-order valence-corrected chi connectivity index (χ1v) is 9.90. The lowest BCUT2D eigenvalue weighted by Gasteiger charge is -2.39. The van der Waals surface area contributed by atoms with Crippen molar-refractivity contribution in [2.75, 3.05) is 31.9 Å². The van der Waals surface area contributed by atoms with Crippen molar-refractivity contribution in [2.45, 2.75) is 31.9 Å². The SMILES string of the molecule is CCNC(=NCCc1cccc(F)c1)N1CCS(=O)(=O)C(C)(C)C1.I. The van der Waals surface area contributed by atoms with Crippen molar-refractivity contribution in [3.05, 3.63) is 35.6 Å². The van der Waals surface area contributed by atoms with Gasteiger partial charge in [-0.05, 0) is 44.9 Å². The number of guanidine groups is 1. The Hall–Kier alpha value is -0.900. The summed E-state index contributed by atoms with van der Waals surface area (Å²) >= 11 is 0. The second kappa shape index (κ2) is 9.16. The van der Waals surface area contributed by atoms with Gasteiger partial charge in [0.1, 0.15) is 5.82 Å². The number of nitrogens with zero attached hydrogens (tertiary/aromatic N) is 2. The molecule has 1 N–H and O–H groups in total. The van der Waals surface area contributed by atoms with Gasteiger partial charge < -0.3 is 10.2 Å². The van der Waals surface area contributed by atoms with Gasteiger partial charge in [-0.15, -0.1) is 24.0 Å². The van der Waals surface area contributed by atoms with Crippen LogP contribution in [-0.4, -0.2) is 56.0 Å². The quantitative estimate of drug-likeness (QED) is 0.406. The summed E-state index contributed by atoms with van der Waals surface area (Å²) < 4.78 is 36.7. The highest BCUT2D eigenvalue weighted by Gasteiger charge is 2.40. The van der Waals surface area contributed by atoms with Gasteiger partial charge in [0, 0.05) is 26.2 Å². The third kappa shape index (κ3) is 5.80. The monoisotopic (exact) mass is 483 g/mol. The van der Waals surface area contributed by atoms with Crippen LogP contribution in [0.5, 0.6) is 0 Å². The highest BCUT2D eigenvalue weighted by atomic mass is 127. The molecule has 1 saturated heterocycles. The van der Waals surface area contributed by atoms with Gasteiger partial charge in [0.15, 0.2) is 15.8 Å².